The van der Waals surface area contributed by atoms with E-state index in [2.05, 4.69) is 0 Å². The monoisotopic (exact) mass is 341 g/mol. The molecule has 0 saturated carbocycles. The molecule has 1 aliphatic heterocycles. The van der Waals surface area contributed by atoms with Gasteiger partial charge in [-0.2, -0.15) is 0 Å². The molecule has 0 aromatic heterocycles. The number of benzene rings is 2. The van der Waals surface area contributed by atoms with Crippen LogP contribution in [0.15, 0.2) is 48.5 Å². The molecule has 1 amide bonds. The third kappa shape index (κ3) is 3.45. The Morgan fingerprint density at radius 1 is 1.00 bits per heavy atom. The lowest BCUT2D eigenvalue weighted by molar-refractivity contribution is -0.0971. The van der Waals surface area contributed by atoms with Gasteiger partial charge < -0.3 is 10.0 Å². The van der Waals surface area contributed by atoms with Crippen LogP contribution in [-0.2, 0) is 0 Å². The maximum Gasteiger partial charge on any atom is 0.253 e. The molecule has 1 N–H and O–H groups in total. The van der Waals surface area contributed by atoms with E-state index in [1.54, 1.807) is 24.3 Å². The third-order valence-corrected chi connectivity index (χ3v) is 5.51. The lowest BCUT2D eigenvalue weighted by Crippen LogP contribution is -2.56. The van der Waals surface area contributed by atoms with Crippen molar-refractivity contribution in [2.24, 2.45) is 5.41 Å². The Kier molecular flexibility index (Phi) is 4.41. The fraction of sp³-hybridized carbons (Fsp3) is 0.381. The van der Waals surface area contributed by atoms with E-state index in [9.17, 15) is 14.3 Å². The Labute approximate surface area is 148 Å². The van der Waals surface area contributed by atoms with E-state index in [0.717, 1.165) is 11.1 Å². The molecule has 1 saturated heterocycles. The second-order valence-corrected chi connectivity index (χ2v) is 7.72. The van der Waals surface area contributed by atoms with Crippen molar-refractivity contribution in [3.8, 4) is 11.1 Å². The topological polar surface area (TPSA) is 40.5 Å². The Bertz CT molecular complexity index is 763. The lowest BCUT2D eigenvalue weighted by Gasteiger charge is -2.48. The fourth-order valence-electron chi connectivity index (χ4n) is 3.22. The minimum absolute atomic E-state index is 0.0192. The number of hydrogen-bond acceptors (Lipinski definition) is 2. The Morgan fingerprint density at radius 2 is 1.52 bits per heavy atom. The van der Waals surface area contributed by atoms with Crippen molar-refractivity contribution in [1.82, 2.24) is 4.90 Å². The number of carbonyl (C=O) groups excluding carboxylic acids is 1. The van der Waals surface area contributed by atoms with Crippen LogP contribution in [0.2, 0.25) is 0 Å². The van der Waals surface area contributed by atoms with Crippen molar-refractivity contribution >= 4 is 5.91 Å². The molecule has 3 nitrogen and oxygen atoms in total. The first-order chi connectivity index (χ1) is 11.7. The maximum atomic E-state index is 13.0. The summed E-state index contributed by atoms with van der Waals surface area (Å²) in [6.07, 6.45) is 0.569. The molecule has 3 rings (SSSR count). The summed E-state index contributed by atoms with van der Waals surface area (Å²) >= 11 is 0. The van der Waals surface area contributed by atoms with Gasteiger partial charge in [0.25, 0.3) is 5.91 Å². The number of carbonyl (C=O) groups is 1. The number of aliphatic hydroxyl groups is 1. The van der Waals surface area contributed by atoms with E-state index in [4.69, 9.17) is 0 Å². The third-order valence-electron chi connectivity index (χ3n) is 5.51. The number of piperidine rings is 1. The summed E-state index contributed by atoms with van der Waals surface area (Å²) in [5.74, 6) is -0.284. The van der Waals surface area contributed by atoms with Crippen LogP contribution in [0.25, 0.3) is 11.1 Å². The highest BCUT2D eigenvalue weighted by molar-refractivity contribution is 5.94. The molecular weight excluding hydrogens is 317 g/mol. The van der Waals surface area contributed by atoms with Crippen molar-refractivity contribution in [2.75, 3.05) is 13.1 Å². The van der Waals surface area contributed by atoms with Crippen molar-refractivity contribution in [1.29, 1.82) is 0 Å². The zero-order valence-corrected chi connectivity index (χ0v) is 14.9. The number of hydrogen-bond donors (Lipinski definition) is 1. The summed E-state index contributed by atoms with van der Waals surface area (Å²) in [5, 5.41) is 10.5. The summed E-state index contributed by atoms with van der Waals surface area (Å²) < 4.78 is 13.0. The van der Waals surface area contributed by atoms with Gasteiger partial charge in [-0.1, -0.05) is 38.1 Å². The Morgan fingerprint density at radius 3 is 2.04 bits per heavy atom. The molecule has 1 atom stereocenters. The van der Waals surface area contributed by atoms with Crippen molar-refractivity contribution < 1.29 is 14.3 Å². The molecule has 0 bridgehead atoms. The van der Waals surface area contributed by atoms with Gasteiger partial charge >= 0.3 is 0 Å². The summed E-state index contributed by atoms with van der Waals surface area (Å²) in [6.45, 7) is 6.90. The largest absolute Gasteiger partial charge is 0.389 e. The van der Waals surface area contributed by atoms with Gasteiger partial charge in [-0.15, -0.1) is 0 Å². The zero-order chi connectivity index (χ0) is 18.2. The second kappa shape index (κ2) is 6.26. The van der Waals surface area contributed by atoms with E-state index >= 15 is 0 Å². The summed E-state index contributed by atoms with van der Waals surface area (Å²) in [5.41, 5.74) is 1.36. The lowest BCUT2D eigenvalue weighted by atomic mass is 9.71. The Balaban J connectivity index is 1.76. The van der Waals surface area contributed by atoms with Crippen LogP contribution < -0.4 is 0 Å². The Hall–Kier alpha value is -2.20. The van der Waals surface area contributed by atoms with E-state index in [1.165, 1.54) is 12.1 Å². The molecule has 2 aromatic rings. The predicted octanol–water partition coefficient (Wildman–Crippen LogP) is 4.12. The molecule has 2 aromatic carbocycles. The minimum atomic E-state index is -0.768. The van der Waals surface area contributed by atoms with E-state index in [0.29, 0.717) is 25.1 Å². The van der Waals surface area contributed by atoms with Gasteiger partial charge in [0.1, 0.15) is 5.82 Å². The van der Waals surface area contributed by atoms with Crippen LogP contribution in [0.1, 0.15) is 37.6 Å². The van der Waals surface area contributed by atoms with Crippen molar-refractivity contribution in [2.45, 2.75) is 32.8 Å². The minimum Gasteiger partial charge on any atom is -0.389 e. The number of amides is 1. The van der Waals surface area contributed by atoms with Crippen molar-refractivity contribution in [3.05, 3.63) is 59.9 Å². The quantitative estimate of drug-likeness (QED) is 0.893. The normalized spacial score (nSPS) is 22.7. The summed E-state index contributed by atoms with van der Waals surface area (Å²) in [6, 6.07) is 13.7. The van der Waals surface area contributed by atoms with Crippen LogP contribution in [0.5, 0.6) is 0 Å². The van der Waals surface area contributed by atoms with E-state index in [1.807, 2.05) is 37.8 Å². The number of nitrogens with zero attached hydrogens (tertiary/aromatic N) is 1. The predicted molar refractivity (Wildman–Crippen MR) is 96.8 cm³/mol. The van der Waals surface area contributed by atoms with Gasteiger partial charge in [0, 0.05) is 24.1 Å². The van der Waals surface area contributed by atoms with Gasteiger partial charge in [0.2, 0.25) is 0 Å². The van der Waals surface area contributed by atoms with Crippen LogP contribution in [0.4, 0.5) is 4.39 Å². The van der Waals surface area contributed by atoms with Crippen LogP contribution in [0, 0.1) is 11.2 Å². The molecule has 1 unspecified atom stereocenters. The molecule has 1 fully saturated rings. The molecule has 132 valence electrons. The number of rotatable bonds is 2. The zero-order valence-electron chi connectivity index (χ0n) is 14.9. The summed E-state index contributed by atoms with van der Waals surface area (Å²) in [4.78, 5) is 14.6. The highest BCUT2D eigenvalue weighted by atomic mass is 19.1. The highest BCUT2D eigenvalue weighted by Crippen LogP contribution is 2.38. The molecule has 25 heavy (non-hydrogen) atoms. The number of likely N-dealkylation sites (tertiary alicyclic amines) is 1. The highest BCUT2D eigenvalue weighted by Gasteiger charge is 2.45. The molecule has 0 aliphatic carbocycles. The van der Waals surface area contributed by atoms with E-state index < -0.39 is 5.60 Å². The SMILES string of the molecule is CC1(C)CN(C(=O)c2ccc(-c3ccc(F)cc3)cc2)CCC1(C)O. The smallest absolute Gasteiger partial charge is 0.253 e. The molecule has 1 heterocycles. The van der Waals surface area contributed by atoms with Crippen molar-refractivity contribution in [3.63, 3.8) is 0 Å². The average Bonchev–Trinajstić information content (AvgIpc) is 2.58. The van der Waals surface area contributed by atoms with Crippen LogP contribution in [-0.4, -0.2) is 34.6 Å². The fourth-order valence-corrected chi connectivity index (χ4v) is 3.22. The molecule has 0 spiro atoms. The van der Waals surface area contributed by atoms with Crippen LogP contribution in [0.3, 0.4) is 0 Å². The first-order valence-electron chi connectivity index (χ1n) is 8.57. The number of halogens is 1. The second-order valence-electron chi connectivity index (χ2n) is 7.72. The maximum absolute atomic E-state index is 13.0. The molecular formula is C21H24FNO2. The van der Waals surface area contributed by atoms with Gasteiger partial charge in [0.15, 0.2) is 0 Å². The van der Waals surface area contributed by atoms with Gasteiger partial charge in [-0.3, -0.25) is 4.79 Å². The average molecular weight is 341 g/mol. The first kappa shape index (κ1) is 17.6. The summed E-state index contributed by atoms with van der Waals surface area (Å²) in [7, 11) is 0. The molecule has 0 radical (unpaired) electrons. The van der Waals surface area contributed by atoms with Gasteiger partial charge in [-0.05, 0) is 48.7 Å². The van der Waals surface area contributed by atoms with Gasteiger partial charge in [-0.25, -0.2) is 4.39 Å². The van der Waals surface area contributed by atoms with E-state index in [-0.39, 0.29) is 17.1 Å². The first-order valence-corrected chi connectivity index (χ1v) is 8.57. The standard InChI is InChI=1S/C21H24FNO2/c1-20(2)14-23(13-12-21(20,3)25)19(24)17-6-4-15(5-7-17)16-8-10-18(22)11-9-16/h4-11,25H,12-14H2,1-3H3. The van der Waals surface area contributed by atoms with Crippen LogP contribution >= 0.6 is 0 Å². The van der Waals surface area contributed by atoms with Gasteiger partial charge in [0.05, 0.1) is 5.60 Å². The molecule has 1 aliphatic rings. The molecule has 4 heteroatoms.